The van der Waals surface area contributed by atoms with Crippen molar-refractivity contribution >= 4 is 5.91 Å². The lowest BCUT2D eigenvalue weighted by Gasteiger charge is -2.24. The fourth-order valence-electron chi connectivity index (χ4n) is 1.73. The molecule has 0 bridgehead atoms. The molecule has 1 aromatic rings. The van der Waals surface area contributed by atoms with E-state index >= 15 is 0 Å². The van der Waals surface area contributed by atoms with Crippen molar-refractivity contribution in [2.45, 2.75) is 26.7 Å². The van der Waals surface area contributed by atoms with E-state index in [4.69, 9.17) is 5.73 Å². The van der Waals surface area contributed by atoms with Crippen molar-refractivity contribution < 1.29 is 9.18 Å². The van der Waals surface area contributed by atoms with E-state index in [0.29, 0.717) is 13.1 Å². The molecule has 0 spiro atoms. The monoisotopic (exact) mass is 252 g/mol. The number of amides is 1. The maximum atomic E-state index is 13.4. The molecule has 0 atom stereocenters. The molecular weight excluding hydrogens is 231 g/mol. The average Bonchev–Trinajstić information content (AvgIpc) is 2.34. The van der Waals surface area contributed by atoms with Gasteiger partial charge in [0.1, 0.15) is 5.82 Å². The first-order valence-electron chi connectivity index (χ1n) is 6.19. The maximum absolute atomic E-state index is 13.4. The van der Waals surface area contributed by atoms with Crippen LogP contribution in [0.5, 0.6) is 0 Å². The van der Waals surface area contributed by atoms with Crippen molar-refractivity contribution in [2.24, 2.45) is 11.1 Å². The zero-order chi connectivity index (χ0) is 13.6. The van der Waals surface area contributed by atoms with Crippen LogP contribution < -0.4 is 11.1 Å². The number of halogens is 1. The number of carbonyl (C=O) groups excluding carboxylic acids is 1. The van der Waals surface area contributed by atoms with Gasteiger partial charge in [-0.25, -0.2) is 4.39 Å². The quantitative estimate of drug-likeness (QED) is 0.816. The van der Waals surface area contributed by atoms with Crippen molar-refractivity contribution in [2.75, 3.05) is 13.1 Å². The summed E-state index contributed by atoms with van der Waals surface area (Å²) in [5, 5.41) is 2.77. The first-order chi connectivity index (χ1) is 8.46. The highest BCUT2D eigenvalue weighted by molar-refractivity contribution is 5.94. The molecule has 0 aliphatic carbocycles. The van der Waals surface area contributed by atoms with Crippen LogP contribution in [0.3, 0.4) is 0 Å². The van der Waals surface area contributed by atoms with E-state index in [1.807, 2.05) is 0 Å². The molecule has 3 N–H and O–H groups in total. The lowest BCUT2D eigenvalue weighted by Crippen LogP contribution is -2.34. The van der Waals surface area contributed by atoms with Gasteiger partial charge in [-0.05, 0) is 36.9 Å². The molecule has 0 radical (unpaired) electrons. The second-order valence-corrected chi connectivity index (χ2v) is 5.22. The van der Waals surface area contributed by atoms with Crippen LogP contribution in [0.4, 0.5) is 4.39 Å². The Morgan fingerprint density at radius 2 is 2.06 bits per heavy atom. The first-order valence-corrected chi connectivity index (χ1v) is 6.19. The lowest BCUT2D eigenvalue weighted by molar-refractivity contribution is 0.0930. The number of hydrogen-bond acceptors (Lipinski definition) is 2. The minimum Gasteiger partial charge on any atom is -0.351 e. The average molecular weight is 252 g/mol. The van der Waals surface area contributed by atoms with Gasteiger partial charge in [0.15, 0.2) is 0 Å². The Balaban J connectivity index is 2.54. The lowest BCUT2D eigenvalue weighted by atomic mass is 9.87. The Labute approximate surface area is 108 Å². The largest absolute Gasteiger partial charge is 0.351 e. The molecule has 1 rings (SSSR count). The molecule has 0 heterocycles. The summed E-state index contributed by atoms with van der Waals surface area (Å²) in [6.07, 6.45) is 1.85. The summed E-state index contributed by atoms with van der Waals surface area (Å²) < 4.78 is 13.4. The van der Waals surface area contributed by atoms with Gasteiger partial charge < -0.3 is 11.1 Å². The first kappa shape index (κ1) is 14.6. The molecule has 100 valence electrons. The normalized spacial score (nSPS) is 11.3. The number of nitrogens with one attached hydrogen (secondary N) is 1. The van der Waals surface area contributed by atoms with Crippen molar-refractivity contribution in [3.05, 3.63) is 35.6 Å². The van der Waals surface area contributed by atoms with E-state index in [0.717, 1.165) is 12.8 Å². The zero-order valence-corrected chi connectivity index (χ0v) is 11.0. The summed E-state index contributed by atoms with van der Waals surface area (Å²) in [7, 11) is 0. The highest BCUT2D eigenvalue weighted by Gasteiger charge is 2.19. The number of nitrogens with two attached hydrogens (primary N) is 1. The third kappa shape index (κ3) is 4.45. The fraction of sp³-hybridized carbons (Fsp3) is 0.500. The molecular formula is C14H21FN2O. The summed E-state index contributed by atoms with van der Waals surface area (Å²) >= 11 is 0. The molecule has 0 fully saturated rings. The molecule has 0 unspecified atom stereocenters. The molecule has 1 aromatic carbocycles. The Morgan fingerprint density at radius 3 is 2.67 bits per heavy atom. The predicted octanol–water partition coefficient (Wildman–Crippen LogP) is 2.32. The summed E-state index contributed by atoms with van der Waals surface area (Å²) in [5.74, 6) is -0.858. The third-order valence-electron chi connectivity index (χ3n) is 2.90. The topological polar surface area (TPSA) is 55.1 Å². The van der Waals surface area contributed by atoms with Crippen LogP contribution in [0, 0.1) is 11.2 Å². The predicted molar refractivity (Wildman–Crippen MR) is 70.8 cm³/mol. The van der Waals surface area contributed by atoms with Crippen molar-refractivity contribution in [1.29, 1.82) is 0 Å². The van der Waals surface area contributed by atoms with Gasteiger partial charge in [-0.3, -0.25) is 4.79 Å². The molecule has 0 aliphatic heterocycles. The fourth-order valence-corrected chi connectivity index (χ4v) is 1.73. The summed E-state index contributed by atoms with van der Waals surface area (Å²) in [5.41, 5.74) is 5.53. The van der Waals surface area contributed by atoms with E-state index in [1.54, 1.807) is 12.1 Å². The van der Waals surface area contributed by atoms with Crippen LogP contribution in [-0.2, 0) is 0 Å². The van der Waals surface area contributed by atoms with E-state index in [2.05, 4.69) is 19.2 Å². The van der Waals surface area contributed by atoms with Gasteiger partial charge in [0.2, 0.25) is 0 Å². The van der Waals surface area contributed by atoms with Crippen LogP contribution in [0.1, 0.15) is 37.0 Å². The van der Waals surface area contributed by atoms with Crippen molar-refractivity contribution in [3.8, 4) is 0 Å². The molecule has 18 heavy (non-hydrogen) atoms. The van der Waals surface area contributed by atoms with Gasteiger partial charge in [-0.1, -0.05) is 26.0 Å². The Morgan fingerprint density at radius 1 is 1.39 bits per heavy atom. The second kappa shape index (κ2) is 6.50. The van der Waals surface area contributed by atoms with Crippen LogP contribution in [0.25, 0.3) is 0 Å². The Bertz CT molecular complexity index is 405. The zero-order valence-electron chi connectivity index (χ0n) is 11.0. The van der Waals surface area contributed by atoms with Gasteiger partial charge in [0.25, 0.3) is 5.91 Å². The number of hydrogen-bond donors (Lipinski definition) is 2. The van der Waals surface area contributed by atoms with Gasteiger partial charge in [-0.2, -0.15) is 0 Å². The summed E-state index contributed by atoms with van der Waals surface area (Å²) in [4.78, 5) is 11.8. The van der Waals surface area contributed by atoms with Crippen LogP contribution in [-0.4, -0.2) is 19.0 Å². The second-order valence-electron chi connectivity index (χ2n) is 5.22. The SMILES string of the molecule is CC(C)(CCCN)CNC(=O)c1ccccc1F. The number of carbonyl (C=O) groups is 1. The Hall–Kier alpha value is -1.42. The molecule has 0 saturated carbocycles. The molecule has 0 aromatic heterocycles. The van der Waals surface area contributed by atoms with Gasteiger partial charge in [-0.15, -0.1) is 0 Å². The standard InChI is InChI=1S/C14H21FN2O/c1-14(2,8-5-9-16)10-17-13(18)11-6-3-4-7-12(11)15/h3-4,6-7H,5,8-10,16H2,1-2H3,(H,17,18). The number of benzene rings is 1. The highest BCUT2D eigenvalue weighted by Crippen LogP contribution is 2.20. The van der Waals surface area contributed by atoms with Crippen molar-refractivity contribution in [1.82, 2.24) is 5.32 Å². The minimum atomic E-state index is -0.491. The van der Waals surface area contributed by atoms with E-state index in [1.165, 1.54) is 12.1 Å². The summed E-state index contributed by atoms with van der Waals surface area (Å²) in [6, 6.07) is 5.99. The Kier molecular flexibility index (Phi) is 5.28. The smallest absolute Gasteiger partial charge is 0.254 e. The minimum absolute atomic E-state index is 0.0275. The van der Waals surface area contributed by atoms with Gasteiger partial charge in [0.05, 0.1) is 5.56 Å². The van der Waals surface area contributed by atoms with E-state index < -0.39 is 5.82 Å². The molecule has 0 aliphatic rings. The molecule has 3 nitrogen and oxygen atoms in total. The molecule has 0 saturated heterocycles. The summed E-state index contributed by atoms with van der Waals surface area (Å²) in [6.45, 7) is 5.28. The van der Waals surface area contributed by atoms with Crippen LogP contribution in [0.2, 0.25) is 0 Å². The van der Waals surface area contributed by atoms with Crippen LogP contribution in [0.15, 0.2) is 24.3 Å². The van der Waals surface area contributed by atoms with Gasteiger partial charge in [0, 0.05) is 6.54 Å². The number of rotatable bonds is 6. The van der Waals surface area contributed by atoms with Crippen LogP contribution >= 0.6 is 0 Å². The highest BCUT2D eigenvalue weighted by atomic mass is 19.1. The van der Waals surface area contributed by atoms with E-state index in [9.17, 15) is 9.18 Å². The molecule has 1 amide bonds. The maximum Gasteiger partial charge on any atom is 0.254 e. The van der Waals surface area contributed by atoms with Crippen molar-refractivity contribution in [3.63, 3.8) is 0 Å². The molecule has 4 heteroatoms. The third-order valence-corrected chi connectivity index (χ3v) is 2.90. The van der Waals surface area contributed by atoms with Gasteiger partial charge >= 0.3 is 0 Å². The van der Waals surface area contributed by atoms with E-state index in [-0.39, 0.29) is 16.9 Å².